The predicted molar refractivity (Wildman–Crippen MR) is 64.2 cm³/mol. The van der Waals surface area contributed by atoms with Gasteiger partial charge in [-0.2, -0.15) is 0 Å². The van der Waals surface area contributed by atoms with E-state index in [9.17, 15) is 4.79 Å². The molecule has 0 amide bonds. The van der Waals surface area contributed by atoms with E-state index in [0.717, 1.165) is 17.7 Å². The Hall–Kier alpha value is -1.55. The second-order valence-electron chi connectivity index (χ2n) is 3.82. The van der Waals surface area contributed by atoms with Gasteiger partial charge in [0.05, 0.1) is 6.61 Å². The number of rotatable bonds is 8. The Labute approximate surface area is 101 Å². The molecule has 2 N–H and O–H groups in total. The third kappa shape index (κ3) is 5.92. The number of hydrogen-bond acceptors (Lipinski definition) is 3. The zero-order chi connectivity index (χ0) is 12.5. The molecule has 0 atom stereocenters. The van der Waals surface area contributed by atoms with Gasteiger partial charge in [-0.05, 0) is 37.0 Å². The van der Waals surface area contributed by atoms with Crippen LogP contribution in [0.15, 0.2) is 24.3 Å². The average Bonchev–Trinajstić information content (AvgIpc) is 2.31. The van der Waals surface area contributed by atoms with Crippen molar-refractivity contribution >= 4 is 5.97 Å². The summed E-state index contributed by atoms with van der Waals surface area (Å²) in [6.07, 6.45) is 2.22. The van der Waals surface area contributed by atoms with Gasteiger partial charge in [-0.3, -0.25) is 4.79 Å². The molecule has 0 saturated carbocycles. The van der Waals surface area contributed by atoms with Crippen LogP contribution in [0.5, 0.6) is 5.75 Å². The normalized spacial score (nSPS) is 10.2. The van der Waals surface area contributed by atoms with Gasteiger partial charge in [0.1, 0.15) is 5.75 Å². The van der Waals surface area contributed by atoms with Crippen molar-refractivity contribution in [2.75, 3.05) is 13.2 Å². The van der Waals surface area contributed by atoms with Crippen LogP contribution in [0.4, 0.5) is 0 Å². The number of ether oxygens (including phenoxy) is 1. The van der Waals surface area contributed by atoms with E-state index in [2.05, 4.69) is 0 Å². The molecule has 0 aliphatic heterocycles. The second kappa shape index (κ2) is 7.68. The first-order valence-corrected chi connectivity index (χ1v) is 5.77. The van der Waals surface area contributed by atoms with Gasteiger partial charge in [-0.1, -0.05) is 12.1 Å². The molecule has 0 aromatic heterocycles. The number of carboxylic acids is 1. The van der Waals surface area contributed by atoms with Crippen molar-refractivity contribution in [3.05, 3.63) is 29.8 Å². The molecule has 0 spiro atoms. The summed E-state index contributed by atoms with van der Waals surface area (Å²) in [5.41, 5.74) is 1.07. The minimum absolute atomic E-state index is 0.148. The van der Waals surface area contributed by atoms with Crippen molar-refractivity contribution in [1.82, 2.24) is 0 Å². The molecule has 94 valence electrons. The van der Waals surface area contributed by atoms with Crippen LogP contribution in [0.1, 0.15) is 24.8 Å². The standard InChI is InChI=1S/C13H18O4/c14-9-8-11-4-6-12(7-5-11)17-10-2-1-3-13(15)16/h4-7,14H,1-3,8-10H2,(H,15,16). The molecule has 0 fully saturated rings. The Bertz CT molecular complexity index is 332. The number of aliphatic carboxylic acids is 1. The van der Waals surface area contributed by atoms with Gasteiger partial charge in [0, 0.05) is 13.0 Å². The largest absolute Gasteiger partial charge is 0.494 e. The van der Waals surface area contributed by atoms with E-state index in [1.807, 2.05) is 24.3 Å². The van der Waals surface area contributed by atoms with Crippen LogP contribution in [0.3, 0.4) is 0 Å². The van der Waals surface area contributed by atoms with Crippen molar-refractivity contribution in [1.29, 1.82) is 0 Å². The van der Waals surface area contributed by atoms with Crippen LogP contribution in [-0.4, -0.2) is 29.4 Å². The topological polar surface area (TPSA) is 66.8 Å². The molecule has 17 heavy (non-hydrogen) atoms. The maximum absolute atomic E-state index is 10.3. The summed E-state index contributed by atoms with van der Waals surface area (Å²) in [6.45, 7) is 0.683. The van der Waals surface area contributed by atoms with Gasteiger partial charge in [-0.15, -0.1) is 0 Å². The molecule has 0 bridgehead atoms. The molecule has 0 heterocycles. The zero-order valence-corrected chi connectivity index (χ0v) is 9.76. The molecule has 0 radical (unpaired) electrons. The van der Waals surface area contributed by atoms with Crippen molar-refractivity contribution in [2.45, 2.75) is 25.7 Å². The van der Waals surface area contributed by atoms with E-state index in [4.69, 9.17) is 14.9 Å². The quantitative estimate of drug-likeness (QED) is 0.678. The summed E-state index contributed by atoms with van der Waals surface area (Å²) in [4.78, 5) is 10.3. The van der Waals surface area contributed by atoms with Gasteiger partial charge in [-0.25, -0.2) is 0 Å². The fourth-order valence-corrected chi connectivity index (χ4v) is 1.45. The van der Waals surface area contributed by atoms with Crippen molar-refractivity contribution in [3.63, 3.8) is 0 Å². The Balaban J connectivity index is 2.20. The van der Waals surface area contributed by atoms with Gasteiger partial charge in [0.15, 0.2) is 0 Å². The minimum Gasteiger partial charge on any atom is -0.494 e. The molecular formula is C13H18O4. The molecule has 1 aromatic rings. The molecule has 0 aliphatic carbocycles. The highest BCUT2D eigenvalue weighted by Crippen LogP contribution is 2.13. The summed E-state index contributed by atoms with van der Waals surface area (Å²) < 4.78 is 5.47. The predicted octanol–water partition coefficient (Wildman–Crippen LogP) is 1.86. The maximum Gasteiger partial charge on any atom is 0.303 e. The van der Waals surface area contributed by atoms with Crippen LogP contribution < -0.4 is 4.74 Å². The molecule has 1 rings (SSSR count). The maximum atomic E-state index is 10.3. The Kier molecular flexibility index (Phi) is 6.10. The lowest BCUT2D eigenvalue weighted by atomic mass is 10.1. The summed E-state index contributed by atoms with van der Waals surface area (Å²) in [5.74, 6) is 0.0142. The van der Waals surface area contributed by atoms with Crippen LogP contribution >= 0.6 is 0 Å². The van der Waals surface area contributed by atoms with E-state index in [1.165, 1.54) is 0 Å². The van der Waals surface area contributed by atoms with Gasteiger partial charge in [0.2, 0.25) is 0 Å². The fourth-order valence-electron chi connectivity index (χ4n) is 1.45. The Morgan fingerprint density at radius 2 is 1.88 bits per heavy atom. The first-order valence-electron chi connectivity index (χ1n) is 5.77. The van der Waals surface area contributed by atoms with Crippen LogP contribution in [-0.2, 0) is 11.2 Å². The number of carbonyl (C=O) groups is 1. The summed E-state index contributed by atoms with van der Waals surface area (Å²) >= 11 is 0. The highest BCUT2D eigenvalue weighted by atomic mass is 16.5. The van der Waals surface area contributed by atoms with Gasteiger partial charge in [0.25, 0.3) is 0 Å². The van der Waals surface area contributed by atoms with Gasteiger partial charge >= 0.3 is 5.97 Å². The second-order valence-corrected chi connectivity index (χ2v) is 3.82. The number of carboxylic acid groups (broad SMARTS) is 1. The third-order valence-electron chi connectivity index (χ3n) is 2.38. The lowest BCUT2D eigenvalue weighted by Gasteiger charge is -2.06. The van der Waals surface area contributed by atoms with Crippen molar-refractivity contribution in [2.24, 2.45) is 0 Å². The van der Waals surface area contributed by atoms with E-state index in [1.54, 1.807) is 0 Å². The molecule has 0 aliphatic rings. The fraction of sp³-hybridized carbons (Fsp3) is 0.462. The molecule has 0 unspecified atom stereocenters. The van der Waals surface area contributed by atoms with E-state index < -0.39 is 5.97 Å². The van der Waals surface area contributed by atoms with E-state index >= 15 is 0 Å². The number of unbranched alkanes of at least 4 members (excludes halogenated alkanes) is 1. The van der Waals surface area contributed by atoms with Crippen LogP contribution in [0.2, 0.25) is 0 Å². The summed E-state index contributed by atoms with van der Waals surface area (Å²) in [7, 11) is 0. The molecule has 4 heteroatoms. The lowest BCUT2D eigenvalue weighted by molar-refractivity contribution is -0.137. The number of benzene rings is 1. The smallest absolute Gasteiger partial charge is 0.303 e. The molecule has 0 saturated heterocycles. The molecular weight excluding hydrogens is 220 g/mol. The SMILES string of the molecule is O=C(O)CCCCOc1ccc(CCO)cc1. The van der Waals surface area contributed by atoms with Gasteiger partial charge < -0.3 is 14.9 Å². The first-order chi connectivity index (χ1) is 8.22. The third-order valence-corrected chi connectivity index (χ3v) is 2.38. The number of aliphatic hydroxyl groups is 1. The van der Waals surface area contributed by atoms with Crippen molar-refractivity contribution in [3.8, 4) is 5.75 Å². The van der Waals surface area contributed by atoms with Crippen LogP contribution in [0.25, 0.3) is 0 Å². The Morgan fingerprint density at radius 1 is 1.18 bits per heavy atom. The monoisotopic (exact) mass is 238 g/mol. The highest BCUT2D eigenvalue weighted by molar-refractivity contribution is 5.66. The Morgan fingerprint density at radius 3 is 2.47 bits per heavy atom. The highest BCUT2D eigenvalue weighted by Gasteiger charge is 1.98. The minimum atomic E-state index is -0.765. The van der Waals surface area contributed by atoms with E-state index in [0.29, 0.717) is 19.4 Å². The summed E-state index contributed by atoms with van der Waals surface area (Å²) in [6, 6.07) is 7.57. The lowest BCUT2D eigenvalue weighted by Crippen LogP contribution is -2.00. The molecule has 4 nitrogen and oxygen atoms in total. The number of hydrogen-bond donors (Lipinski definition) is 2. The van der Waals surface area contributed by atoms with E-state index in [-0.39, 0.29) is 13.0 Å². The molecule has 1 aromatic carbocycles. The van der Waals surface area contributed by atoms with Crippen molar-refractivity contribution < 1.29 is 19.7 Å². The zero-order valence-electron chi connectivity index (χ0n) is 9.76. The number of aliphatic hydroxyl groups excluding tert-OH is 1. The summed E-state index contributed by atoms with van der Waals surface area (Å²) in [5, 5.41) is 17.2. The average molecular weight is 238 g/mol. The first kappa shape index (κ1) is 13.5. The van der Waals surface area contributed by atoms with Crippen LogP contribution in [0, 0.1) is 0 Å².